The van der Waals surface area contributed by atoms with Gasteiger partial charge in [0.2, 0.25) is 11.8 Å². The minimum absolute atomic E-state index is 0.0299. The van der Waals surface area contributed by atoms with Crippen LogP contribution in [0.4, 0.5) is 0 Å². The van der Waals surface area contributed by atoms with E-state index < -0.39 is 5.41 Å². The van der Waals surface area contributed by atoms with Crippen molar-refractivity contribution in [2.45, 2.75) is 26.3 Å². The molecule has 17 heavy (non-hydrogen) atoms. The number of carbonyl (C=O) groups is 2. The average Bonchev–Trinajstić information content (AvgIpc) is 2.71. The lowest BCUT2D eigenvalue weighted by atomic mass is 9.92. The van der Waals surface area contributed by atoms with E-state index in [4.69, 9.17) is 5.73 Å². The average molecular weight is 239 g/mol. The highest BCUT2D eigenvalue weighted by molar-refractivity contribution is 5.84. The maximum absolute atomic E-state index is 11.8. The van der Waals surface area contributed by atoms with E-state index in [1.807, 2.05) is 12.2 Å². The molecule has 0 aromatic carbocycles. The van der Waals surface area contributed by atoms with Gasteiger partial charge in [-0.15, -0.1) is 0 Å². The van der Waals surface area contributed by atoms with Crippen molar-refractivity contribution in [2.75, 3.05) is 13.6 Å². The highest BCUT2D eigenvalue weighted by Gasteiger charge is 2.29. The van der Waals surface area contributed by atoms with Crippen LogP contribution < -0.4 is 16.4 Å². The molecule has 5 heteroatoms. The van der Waals surface area contributed by atoms with Crippen LogP contribution in [-0.2, 0) is 9.59 Å². The summed E-state index contributed by atoms with van der Waals surface area (Å²) in [7, 11) is 1.59. The van der Waals surface area contributed by atoms with E-state index in [-0.39, 0.29) is 23.8 Å². The van der Waals surface area contributed by atoms with E-state index in [2.05, 4.69) is 10.6 Å². The standard InChI is InChI=1S/C12H21N3O2/c1-12(2,11(17)14-3)7-15-10(16)8-4-5-9(13)6-8/h4-5,8-9H,6-7,13H2,1-3H3,(H,14,17)(H,15,16). The van der Waals surface area contributed by atoms with Gasteiger partial charge in [-0.05, 0) is 20.3 Å². The van der Waals surface area contributed by atoms with Crippen LogP contribution in [0.25, 0.3) is 0 Å². The fourth-order valence-electron chi connectivity index (χ4n) is 1.78. The molecular formula is C12H21N3O2. The van der Waals surface area contributed by atoms with Gasteiger partial charge in [-0.1, -0.05) is 12.2 Å². The van der Waals surface area contributed by atoms with Crippen LogP contribution in [0.1, 0.15) is 20.3 Å². The summed E-state index contributed by atoms with van der Waals surface area (Å²) in [5.41, 5.74) is 5.08. The summed E-state index contributed by atoms with van der Waals surface area (Å²) in [6, 6.07) is -0.0299. The summed E-state index contributed by atoms with van der Waals surface area (Å²) in [5, 5.41) is 5.38. The predicted octanol–water partition coefficient (Wildman–Crippen LogP) is -0.222. The van der Waals surface area contributed by atoms with Crippen LogP contribution in [0.5, 0.6) is 0 Å². The van der Waals surface area contributed by atoms with Crippen molar-refractivity contribution in [2.24, 2.45) is 17.1 Å². The monoisotopic (exact) mass is 239 g/mol. The molecule has 0 radical (unpaired) electrons. The summed E-state index contributed by atoms with van der Waals surface area (Å²) in [5.74, 6) is -0.312. The summed E-state index contributed by atoms with van der Waals surface area (Å²) in [6.45, 7) is 3.91. The fraction of sp³-hybridized carbons (Fsp3) is 0.667. The molecule has 1 aliphatic carbocycles. The molecule has 0 fully saturated rings. The van der Waals surface area contributed by atoms with Crippen LogP contribution in [0.2, 0.25) is 0 Å². The molecule has 0 aromatic heterocycles. The van der Waals surface area contributed by atoms with Crippen molar-refractivity contribution in [3.63, 3.8) is 0 Å². The van der Waals surface area contributed by atoms with Crippen molar-refractivity contribution in [3.8, 4) is 0 Å². The lowest BCUT2D eigenvalue weighted by Gasteiger charge is -2.23. The second kappa shape index (κ2) is 5.31. The molecule has 96 valence electrons. The van der Waals surface area contributed by atoms with Gasteiger partial charge in [0.25, 0.3) is 0 Å². The molecule has 0 saturated carbocycles. The Hall–Kier alpha value is -1.36. The Morgan fingerprint density at radius 2 is 2.06 bits per heavy atom. The minimum Gasteiger partial charge on any atom is -0.359 e. The zero-order valence-corrected chi connectivity index (χ0v) is 10.6. The van der Waals surface area contributed by atoms with Gasteiger partial charge >= 0.3 is 0 Å². The van der Waals surface area contributed by atoms with Crippen LogP contribution in [0.3, 0.4) is 0 Å². The Balaban J connectivity index is 2.43. The lowest BCUT2D eigenvalue weighted by Crippen LogP contribution is -2.45. The first-order chi connectivity index (χ1) is 7.86. The smallest absolute Gasteiger partial charge is 0.227 e. The third-order valence-corrected chi connectivity index (χ3v) is 3.00. The number of amides is 2. The number of nitrogens with two attached hydrogens (primary N) is 1. The molecule has 0 heterocycles. The van der Waals surface area contributed by atoms with Crippen LogP contribution in [0.15, 0.2) is 12.2 Å². The van der Waals surface area contributed by atoms with Gasteiger partial charge < -0.3 is 16.4 Å². The molecule has 0 aliphatic heterocycles. The molecule has 2 atom stereocenters. The molecule has 1 aliphatic rings. The number of hydrogen-bond donors (Lipinski definition) is 3. The SMILES string of the molecule is CNC(=O)C(C)(C)CNC(=O)C1C=CC(N)C1. The van der Waals surface area contributed by atoms with Gasteiger partial charge in [-0.3, -0.25) is 9.59 Å². The van der Waals surface area contributed by atoms with Crippen molar-refractivity contribution in [3.05, 3.63) is 12.2 Å². The summed E-state index contributed by atoms with van der Waals surface area (Å²) in [4.78, 5) is 23.3. The van der Waals surface area contributed by atoms with E-state index in [0.717, 1.165) is 0 Å². The predicted molar refractivity (Wildman–Crippen MR) is 66.1 cm³/mol. The topological polar surface area (TPSA) is 84.2 Å². The number of carbonyl (C=O) groups excluding carboxylic acids is 2. The second-order valence-electron chi connectivity index (χ2n) is 5.07. The maximum Gasteiger partial charge on any atom is 0.227 e. The zero-order valence-electron chi connectivity index (χ0n) is 10.6. The van der Waals surface area contributed by atoms with E-state index in [1.54, 1.807) is 20.9 Å². The molecule has 4 N–H and O–H groups in total. The number of rotatable bonds is 4. The Kier molecular flexibility index (Phi) is 4.28. The Bertz CT molecular complexity index is 337. The first-order valence-electron chi connectivity index (χ1n) is 5.80. The highest BCUT2D eigenvalue weighted by atomic mass is 16.2. The molecule has 0 bridgehead atoms. The minimum atomic E-state index is -0.602. The third-order valence-electron chi connectivity index (χ3n) is 3.00. The van der Waals surface area contributed by atoms with E-state index in [1.165, 1.54) is 0 Å². The van der Waals surface area contributed by atoms with Crippen LogP contribution >= 0.6 is 0 Å². The number of hydrogen-bond acceptors (Lipinski definition) is 3. The van der Waals surface area contributed by atoms with E-state index in [9.17, 15) is 9.59 Å². The van der Waals surface area contributed by atoms with Crippen LogP contribution in [-0.4, -0.2) is 31.4 Å². The Morgan fingerprint density at radius 1 is 1.41 bits per heavy atom. The fourth-order valence-corrected chi connectivity index (χ4v) is 1.78. The van der Waals surface area contributed by atoms with Gasteiger partial charge in [0, 0.05) is 19.6 Å². The van der Waals surface area contributed by atoms with E-state index in [0.29, 0.717) is 13.0 Å². The molecule has 2 unspecified atom stereocenters. The van der Waals surface area contributed by atoms with Gasteiger partial charge in [0.05, 0.1) is 11.3 Å². The third kappa shape index (κ3) is 3.56. The van der Waals surface area contributed by atoms with Crippen molar-refractivity contribution < 1.29 is 9.59 Å². The molecule has 0 spiro atoms. The van der Waals surface area contributed by atoms with E-state index >= 15 is 0 Å². The van der Waals surface area contributed by atoms with Gasteiger partial charge in [-0.25, -0.2) is 0 Å². The maximum atomic E-state index is 11.8. The Morgan fingerprint density at radius 3 is 2.53 bits per heavy atom. The zero-order chi connectivity index (χ0) is 13.1. The van der Waals surface area contributed by atoms with Gasteiger partial charge in [0.15, 0.2) is 0 Å². The largest absolute Gasteiger partial charge is 0.359 e. The van der Waals surface area contributed by atoms with Gasteiger partial charge in [0.1, 0.15) is 0 Å². The summed E-state index contributed by atoms with van der Waals surface area (Å²) in [6.07, 6.45) is 4.31. The molecule has 1 rings (SSSR count). The Labute approximate surface area is 102 Å². The highest BCUT2D eigenvalue weighted by Crippen LogP contribution is 2.18. The quantitative estimate of drug-likeness (QED) is 0.593. The molecule has 0 saturated heterocycles. The van der Waals surface area contributed by atoms with Gasteiger partial charge in [-0.2, -0.15) is 0 Å². The first-order valence-corrected chi connectivity index (χ1v) is 5.80. The summed E-state index contributed by atoms with van der Waals surface area (Å²) < 4.78 is 0. The molecule has 2 amide bonds. The lowest BCUT2D eigenvalue weighted by molar-refractivity contribution is -0.129. The summed E-state index contributed by atoms with van der Waals surface area (Å²) >= 11 is 0. The second-order valence-corrected chi connectivity index (χ2v) is 5.07. The molecule has 0 aromatic rings. The molecular weight excluding hydrogens is 218 g/mol. The van der Waals surface area contributed by atoms with Crippen molar-refractivity contribution in [1.29, 1.82) is 0 Å². The van der Waals surface area contributed by atoms with Crippen molar-refractivity contribution >= 4 is 11.8 Å². The normalized spacial score (nSPS) is 23.5. The van der Waals surface area contributed by atoms with Crippen LogP contribution in [0, 0.1) is 11.3 Å². The number of nitrogens with one attached hydrogen (secondary N) is 2. The first kappa shape index (κ1) is 13.7. The van der Waals surface area contributed by atoms with Crippen molar-refractivity contribution in [1.82, 2.24) is 10.6 Å². The molecule has 5 nitrogen and oxygen atoms in total.